The molecule has 5 rings (SSSR count). The van der Waals surface area contributed by atoms with Crippen molar-refractivity contribution in [3.8, 4) is 5.75 Å². The second-order valence-electron chi connectivity index (χ2n) is 11.1. The van der Waals surface area contributed by atoms with E-state index in [1.54, 1.807) is 12.1 Å². The predicted molar refractivity (Wildman–Crippen MR) is 153 cm³/mol. The monoisotopic (exact) mass is 528 g/mol. The molecule has 6 nitrogen and oxygen atoms in total. The average molecular weight is 529 g/mol. The summed E-state index contributed by atoms with van der Waals surface area (Å²) in [5.74, 6) is 0.0623. The Bertz CT molecular complexity index is 1200. The molecule has 206 valence electrons. The van der Waals surface area contributed by atoms with Crippen molar-refractivity contribution in [1.82, 2.24) is 9.80 Å². The van der Waals surface area contributed by atoms with Crippen molar-refractivity contribution >= 4 is 5.97 Å². The molecule has 2 heterocycles. The molecule has 0 amide bonds. The highest BCUT2D eigenvalue weighted by molar-refractivity contribution is 5.91. The lowest BCUT2D eigenvalue weighted by molar-refractivity contribution is -0.0501. The minimum Gasteiger partial charge on any atom is -0.423 e. The molecule has 3 aromatic rings. The number of hydrogen-bond donors (Lipinski definition) is 2. The fraction of sp³-hybridized carbons (Fsp3) is 0.424. The third-order valence-corrected chi connectivity index (χ3v) is 8.45. The normalized spacial score (nSPS) is 19.8. The van der Waals surface area contributed by atoms with Crippen LogP contribution in [0.1, 0.15) is 72.2 Å². The van der Waals surface area contributed by atoms with E-state index < -0.39 is 11.7 Å². The van der Waals surface area contributed by atoms with Crippen LogP contribution in [0.4, 0.5) is 0 Å². The van der Waals surface area contributed by atoms with Crippen LogP contribution in [-0.4, -0.2) is 58.2 Å². The lowest BCUT2D eigenvalue weighted by atomic mass is 9.83. The molecule has 2 fully saturated rings. The molecule has 0 saturated carbocycles. The van der Waals surface area contributed by atoms with Crippen molar-refractivity contribution in [3.63, 3.8) is 0 Å². The van der Waals surface area contributed by atoms with E-state index >= 15 is 0 Å². The van der Waals surface area contributed by atoms with Gasteiger partial charge in [-0.1, -0.05) is 61.0 Å². The first kappa shape index (κ1) is 27.5. The van der Waals surface area contributed by atoms with Gasteiger partial charge in [0.2, 0.25) is 0 Å². The Morgan fingerprint density at radius 2 is 1.51 bits per heavy atom. The second-order valence-corrected chi connectivity index (χ2v) is 11.1. The molecule has 2 atom stereocenters. The number of esters is 1. The number of aliphatic hydroxyl groups excluding tert-OH is 1. The fourth-order valence-electron chi connectivity index (χ4n) is 5.84. The van der Waals surface area contributed by atoms with Crippen LogP contribution >= 0.6 is 0 Å². The largest absolute Gasteiger partial charge is 0.423 e. The summed E-state index contributed by atoms with van der Waals surface area (Å²) < 4.78 is 5.60. The van der Waals surface area contributed by atoms with E-state index in [1.165, 1.54) is 24.8 Å². The number of aliphatic hydroxyl groups is 2. The van der Waals surface area contributed by atoms with Crippen molar-refractivity contribution in [1.29, 1.82) is 0 Å². The number of benzene rings is 3. The van der Waals surface area contributed by atoms with Crippen LogP contribution in [0.2, 0.25) is 0 Å². The lowest BCUT2D eigenvalue weighted by Crippen LogP contribution is -2.47. The molecular weight excluding hydrogens is 488 g/mol. The van der Waals surface area contributed by atoms with Gasteiger partial charge >= 0.3 is 5.97 Å². The second kappa shape index (κ2) is 12.4. The Morgan fingerprint density at radius 3 is 2.15 bits per heavy atom. The number of carbonyl (C=O) groups excluding carboxylic acids is 1. The van der Waals surface area contributed by atoms with Gasteiger partial charge in [-0.3, -0.25) is 9.80 Å². The Morgan fingerprint density at radius 1 is 0.872 bits per heavy atom. The summed E-state index contributed by atoms with van der Waals surface area (Å²) in [5.41, 5.74) is 2.64. The quantitative estimate of drug-likeness (QED) is 0.306. The molecule has 0 bridgehead atoms. The number of ether oxygens (including phenoxy) is 1. The standard InChI is InChI=1S/C33H40N2O4/c1-25(35-22-18-33(38,19-23-35)29-8-4-2-5-9-29)31(36)27-14-16-30(17-15-27)39-32(37)28-12-10-26(11-13-28)24-34-20-6-3-7-21-34/h2,4-5,8-17,25,31,36,38H,3,6-7,18-24H2,1H3/t25-,31?/m0/s1. The molecule has 1 unspecified atom stereocenters. The molecular formula is C33H40N2O4. The maximum Gasteiger partial charge on any atom is 0.343 e. The van der Waals surface area contributed by atoms with E-state index in [0.29, 0.717) is 37.2 Å². The van der Waals surface area contributed by atoms with E-state index in [4.69, 9.17) is 4.74 Å². The zero-order valence-corrected chi connectivity index (χ0v) is 22.8. The first-order valence-corrected chi connectivity index (χ1v) is 14.2. The molecule has 2 saturated heterocycles. The number of piperidine rings is 2. The third kappa shape index (κ3) is 6.76. The summed E-state index contributed by atoms with van der Waals surface area (Å²) in [5, 5.41) is 22.2. The van der Waals surface area contributed by atoms with Crippen molar-refractivity contribution in [2.75, 3.05) is 26.2 Å². The molecule has 2 aliphatic heterocycles. The fourth-order valence-corrected chi connectivity index (χ4v) is 5.84. The average Bonchev–Trinajstić information content (AvgIpc) is 2.98. The van der Waals surface area contributed by atoms with Gasteiger partial charge in [-0.25, -0.2) is 4.79 Å². The Labute approximate surface area is 231 Å². The van der Waals surface area contributed by atoms with Gasteiger partial charge in [0.1, 0.15) is 5.75 Å². The smallest absolute Gasteiger partial charge is 0.343 e. The van der Waals surface area contributed by atoms with Crippen molar-refractivity contribution in [3.05, 3.63) is 101 Å². The Kier molecular flexibility index (Phi) is 8.78. The Hall–Kier alpha value is -3.03. The SMILES string of the molecule is C[C@@H](C(O)c1ccc(OC(=O)c2ccc(CN3CCCCC3)cc2)cc1)N1CCC(O)(c2ccccc2)CC1. The van der Waals surface area contributed by atoms with Gasteiger partial charge in [-0.05, 0) is 86.7 Å². The van der Waals surface area contributed by atoms with Crippen LogP contribution in [0.5, 0.6) is 5.75 Å². The van der Waals surface area contributed by atoms with Gasteiger partial charge < -0.3 is 14.9 Å². The molecule has 6 heteroatoms. The summed E-state index contributed by atoms with van der Waals surface area (Å²) in [4.78, 5) is 17.4. The minimum absolute atomic E-state index is 0.109. The number of nitrogens with zero attached hydrogens (tertiary/aromatic N) is 2. The van der Waals surface area contributed by atoms with E-state index in [1.807, 2.05) is 73.7 Å². The van der Waals surface area contributed by atoms with Gasteiger partial charge in [0.15, 0.2) is 0 Å². The molecule has 0 aromatic heterocycles. The van der Waals surface area contributed by atoms with Crippen LogP contribution in [0, 0.1) is 0 Å². The summed E-state index contributed by atoms with van der Waals surface area (Å²) in [6.45, 7) is 6.63. The van der Waals surface area contributed by atoms with E-state index in [9.17, 15) is 15.0 Å². The maximum atomic E-state index is 12.7. The van der Waals surface area contributed by atoms with Gasteiger partial charge in [0.25, 0.3) is 0 Å². The molecule has 2 N–H and O–H groups in total. The van der Waals surface area contributed by atoms with Crippen LogP contribution in [0.3, 0.4) is 0 Å². The van der Waals surface area contributed by atoms with Gasteiger partial charge in [-0.15, -0.1) is 0 Å². The number of hydrogen-bond acceptors (Lipinski definition) is 6. The third-order valence-electron chi connectivity index (χ3n) is 8.45. The Balaban J connectivity index is 1.13. The van der Waals surface area contributed by atoms with E-state index in [0.717, 1.165) is 30.8 Å². The molecule has 2 aliphatic rings. The minimum atomic E-state index is -0.818. The molecule has 3 aromatic carbocycles. The highest BCUT2D eigenvalue weighted by Crippen LogP contribution is 2.35. The van der Waals surface area contributed by atoms with Crippen LogP contribution in [0.15, 0.2) is 78.9 Å². The number of likely N-dealkylation sites (tertiary alicyclic amines) is 2. The maximum absolute atomic E-state index is 12.7. The van der Waals surface area contributed by atoms with Crippen LogP contribution in [0.25, 0.3) is 0 Å². The summed E-state index contributed by atoms with van der Waals surface area (Å²) in [7, 11) is 0. The topological polar surface area (TPSA) is 73.2 Å². The predicted octanol–water partition coefficient (Wildman–Crippen LogP) is 5.30. The van der Waals surface area contributed by atoms with Gasteiger partial charge in [0.05, 0.1) is 17.3 Å². The van der Waals surface area contributed by atoms with Crippen LogP contribution < -0.4 is 4.74 Å². The summed E-state index contributed by atoms with van der Waals surface area (Å²) in [6.07, 6.45) is 4.40. The molecule has 0 aliphatic carbocycles. The van der Waals surface area contributed by atoms with E-state index in [-0.39, 0.29) is 12.0 Å². The first-order chi connectivity index (χ1) is 18.9. The highest BCUT2D eigenvalue weighted by atomic mass is 16.5. The summed E-state index contributed by atoms with van der Waals surface area (Å²) in [6, 6.07) is 24.5. The van der Waals surface area contributed by atoms with Crippen molar-refractivity contribution < 1.29 is 19.7 Å². The molecule has 0 radical (unpaired) electrons. The molecule has 39 heavy (non-hydrogen) atoms. The lowest BCUT2D eigenvalue weighted by Gasteiger charge is -2.42. The van der Waals surface area contributed by atoms with Crippen molar-refractivity contribution in [2.45, 2.75) is 63.3 Å². The van der Waals surface area contributed by atoms with Crippen LogP contribution in [-0.2, 0) is 12.1 Å². The number of carbonyl (C=O) groups is 1. The zero-order chi connectivity index (χ0) is 27.2. The van der Waals surface area contributed by atoms with Crippen molar-refractivity contribution in [2.24, 2.45) is 0 Å². The molecule has 0 spiro atoms. The first-order valence-electron chi connectivity index (χ1n) is 14.2. The van der Waals surface area contributed by atoms with Gasteiger partial charge in [-0.2, -0.15) is 0 Å². The van der Waals surface area contributed by atoms with E-state index in [2.05, 4.69) is 9.80 Å². The summed E-state index contributed by atoms with van der Waals surface area (Å²) >= 11 is 0. The zero-order valence-electron chi connectivity index (χ0n) is 22.8. The highest BCUT2D eigenvalue weighted by Gasteiger charge is 2.36. The number of rotatable bonds is 8. The van der Waals surface area contributed by atoms with Gasteiger partial charge in [0, 0.05) is 25.7 Å².